The van der Waals surface area contributed by atoms with Crippen molar-refractivity contribution in [2.75, 3.05) is 5.32 Å². The van der Waals surface area contributed by atoms with Crippen LogP contribution < -0.4 is 10.6 Å². The minimum absolute atomic E-state index is 0.0412. The average Bonchev–Trinajstić information content (AvgIpc) is 2.74. The normalized spacial score (nSPS) is 12.8. The lowest BCUT2D eigenvalue weighted by Gasteiger charge is -2.20. The number of hydrogen-bond donors (Lipinski definition) is 2. The Morgan fingerprint density at radius 2 is 1.59 bits per heavy atom. The first-order chi connectivity index (χ1) is 14.0. The smallest absolute Gasteiger partial charge is 0.287 e. The molecule has 0 bridgehead atoms. The van der Waals surface area contributed by atoms with E-state index in [1.807, 2.05) is 72.9 Å². The van der Waals surface area contributed by atoms with Crippen molar-refractivity contribution in [2.45, 2.75) is 19.0 Å². The lowest BCUT2D eigenvalue weighted by molar-refractivity contribution is -0.718. The maximum Gasteiger partial charge on any atom is 0.287 e. The second kappa shape index (κ2) is 9.32. The van der Waals surface area contributed by atoms with E-state index < -0.39 is 11.0 Å². The van der Waals surface area contributed by atoms with Crippen LogP contribution in [0.25, 0.3) is 0 Å². The Balaban J connectivity index is 1.84. The maximum atomic E-state index is 13.1. The number of amides is 1. The Kier molecular flexibility index (Phi) is 6.59. The van der Waals surface area contributed by atoms with Gasteiger partial charge in [0.1, 0.15) is 6.04 Å². The van der Waals surface area contributed by atoms with Crippen LogP contribution >= 0.6 is 11.6 Å². The fourth-order valence-electron chi connectivity index (χ4n) is 3.10. The lowest BCUT2D eigenvalue weighted by atomic mass is 10.0. The number of anilines is 1. The summed E-state index contributed by atoms with van der Waals surface area (Å²) in [7, 11) is 0. The Morgan fingerprint density at radius 3 is 2.14 bits per heavy atom. The molecular formula is C22H21ClN3O3+. The molecule has 6 nitrogen and oxygen atoms in total. The number of halogens is 1. The van der Waals surface area contributed by atoms with Gasteiger partial charge >= 0.3 is 0 Å². The summed E-state index contributed by atoms with van der Waals surface area (Å²) in [6, 6.07) is 22.9. The largest absolute Gasteiger partial charge is 0.326 e. The van der Waals surface area contributed by atoms with Crippen molar-refractivity contribution in [1.29, 1.82) is 0 Å². The van der Waals surface area contributed by atoms with Gasteiger partial charge in [0.05, 0.1) is 15.6 Å². The molecule has 29 heavy (non-hydrogen) atoms. The fraction of sp³-hybridized carbons (Fsp3) is 0.136. The number of nitrogens with one attached hydrogen (secondary N) is 1. The van der Waals surface area contributed by atoms with Gasteiger partial charge in [0.2, 0.25) is 0 Å². The molecule has 3 rings (SSSR count). The molecule has 0 fully saturated rings. The van der Waals surface area contributed by atoms with Crippen LogP contribution in [-0.4, -0.2) is 10.8 Å². The predicted molar refractivity (Wildman–Crippen MR) is 113 cm³/mol. The molecule has 0 saturated heterocycles. The first-order valence-corrected chi connectivity index (χ1v) is 9.53. The van der Waals surface area contributed by atoms with Crippen LogP contribution in [-0.2, 0) is 4.79 Å². The molecule has 7 heteroatoms. The van der Waals surface area contributed by atoms with E-state index in [1.54, 1.807) is 0 Å². The number of non-ortho nitro benzene ring substituents is 1. The van der Waals surface area contributed by atoms with Gasteiger partial charge in [-0.15, -0.1) is 0 Å². The van der Waals surface area contributed by atoms with Gasteiger partial charge in [0.15, 0.2) is 6.04 Å². The Hall–Kier alpha value is -3.22. The Labute approximate surface area is 173 Å². The van der Waals surface area contributed by atoms with Crippen molar-refractivity contribution in [2.24, 2.45) is 0 Å². The van der Waals surface area contributed by atoms with Crippen LogP contribution in [0.3, 0.4) is 0 Å². The Morgan fingerprint density at radius 1 is 1.00 bits per heavy atom. The number of benzene rings is 3. The van der Waals surface area contributed by atoms with Gasteiger partial charge < -0.3 is 10.6 Å². The van der Waals surface area contributed by atoms with Crippen molar-refractivity contribution < 1.29 is 15.0 Å². The molecule has 0 aliphatic heterocycles. The second-order valence-corrected chi connectivity index (χ2v) is 7.10. The third-order valence-electron chi connectivity index (χ3n) is 4.67. The number of rotatable bonds is 7. The van der Waals surface area contributed by atoms with E-state index >= 15 is 0 Å². The summed E-state index contributed by atoms with van der Waals surface area (Å²) in [5, 5.41) is 15.8. The summed E-state index contributed by atoms with van der Waals surface area (Å²) in [5.74, 6) is -0.255. The van der Waals surface area contributed by atoms with Crippen LogP contribution in [0.2, 0.25) is 5.02 Å². The molecule has 1 amide bonds. The number of nitro benzene ring substituents is 1. The van der Waals surface area contributed by atoms with Crippen molar-refractivity contribution in [3.8, 4) is 0 Å². The van der Waals surface area contributed by atoms with Crippen LogP contribution in [0.5, 0.6) is 0 Å². The van der Waals surface area contributed by atoms with Gasteiger partial charge in [0.25, 0.3) is 11.6 Å². The molecule has 0 unspecified atom stereocenters. The number of nitro groups is 1. The SMILES string of the molecule is C[C@@H]([NH2+][C@@H](C(=O)Nc1ccc([N+](=O)[O-])cc1Cl)c1ccccc1)c1ccccc1. The van der Waals surface area contributed by atoms with Crippen LogP contribution in [0, 0.1) is 10.1 Å². The van der Waals surface area contributed by atoms with Gasteiger partial charge in [-0.3, -0.25) is 14.9 Å². The van der Waals surface area contributed by atoms with Crippen LogP contribution in [0.4, 0.5) is 11.4 Å². The number of nitrogens with two attached hydrogens (primary N) is 1. The highest BCUT2D eigenvalue weighted by atomic mass is 35.5. The van der Waals surface area contributed by atoms with Gasteiger partial charge in [-0.05, 0) is 13.0 Å². The Bertz CT molecular complexity index is 997. The van der Waals surface area contributed by atoms with Crippen molar-refractivity contribution in [3.05, 3.63) is 105 Å². The summed E-state index contributed by atoms with van der Waals surface area (Å²) < 4.78 is 0. The zero-order chi connectivity index (χ0) is 20.8. The summed E-state index contributed by atoms with van der Waals surface area (Å²) in [5.41, 5.74) is 2.17. The molecule has 3 aromatic rings. The number of carbonyl (C=O) groups is 1. The van der Waals surface area contributed by atoms with Crippen LogP contribution in [0.1, 0.15) is 30.1 Å². The third kappa shape index (κ3) is 5.19. The molecular weight excluding hydrogens is 390 g/mol. The van der Waals surface area contributed by atoms with E-state index in [1.165, 1.54) is 18.2 Å². The molecule has 0 aliphatic rings. The van der Waals surface area contributed by atoms with Gasteiger partial charge in [0, 0.05) is 23.3 Å². The quantitative estimate of drug-likeness (QED) is 0.450. The molecule has 0 saturated carbocycles. The summed E-state index contributed by atoms with van der Waals surface area (Å²) >= 11 is 6.14. The highest BCUT2D eigenvalue weighted by Crippen LogP contribution is 2.27. The summed E-state index contributed by atoms with van der Waals surface area (Å²) in [6.45, 7) is 2.04. The van der Waals surface area contributed by atoms with Crippen molar-refractivity contribution in [1.82, 2.24) is 0 Å². The van der Waals surface area contributed by atoms with Crippen molar-refractivity contribution in [3.63, 3.8) is 0 Å². The molecule has 3 N–H and O–H groups in total. The highest BCUT2D eigenvalue weighted by Gasteiger charge is 2.27. The average molecular weight is 411 g/mol. The van der Waals surface area contributed by atoms with E-state index in [9.17, 15) is 14.9 Å². The van der Waals surface area contributed by atoms with Crippen LogP contribution in [0.15, 0.2) is 78.9 Å². The van der Waals surface area contributed by atoms with E-state index in [0.717, 1.165) is 11.1 Å². The lowest BCUT2D eigenvalue weighted by Crippen LogP contribution is -2.87. The number of nitrogens with zero attached hydrogens (tertiary/aromatic N) is 1. The predicted octanol–water partition coefficient (Wildman–Crippen LogP) is 4.25. The summed E-state index contributed by atoms with van der Waals surface area (Å²) in [6.07, 6.45) is 0. The topological polar surface area (TPSA) is 88.8 Å². The zero-order valence-corrected chi connectivity index (χ0v) is 16.5. The molecule has 0 aliphatic carbocycles. The second-order valence-electron chi connectivity index (χ2n) is 6.69. The molecule has 0 spiro atoms. The van der Waals surface area contributed by atoms with Gasteiger partial charge in [-0.1, -0.05) is 72.3 Å². The van der Waals surface area contributed by atoms with Gasteiger partial charge in [-0.25, -0.2) is 0 Å². The van der Waals surface area contributed by atoms with E-state index in [0.29, 0.717) is 5.69 Å². The number of carbonyl (C=O) groups excluding carboxylic acids is 1. The maximum absolute atomic E-state index is 13.1. The zero-order valence-electron chi connectivity index (χ0n) is 15.8. The molecule has 0 radical (unpaired) electrons. The molecule has 3 aromatic carbocycles. The minimum Gasteiger partial charge on any atom is -0.326 e. The number of hydrogen-bond acceptors (Lipinski definition) is 3. The van der Waals surface area contributed by atoms with E-state index in [2.05, 4.69) is 5.32 Å². The standard InChI is InChI=1S/C22H20ClN3O3/c1-15(16-8-4-2-5-9-16)24-21(17-10-6-3-7-11-17)22(27)25-20-13-12-18(26(28)29)14-19(20)23/h2-15,21,24H,1H3,(H,25,27)/p+1/t15-,21-/m1/s1. The van der Waals surface area contributed by atoms with E-state index in [4.69, 9.17) is 11.6 Å². The minimum atomic E-state index is -0.528. The fourth-order valence-corrected chi connectivity index (χ4v) is 3.32. The highest BCUT2D eigenvalue weighted by molar-refractivity contribution is 6.34. The van der Waals surface area contributed by atoms with Gasteiger partial charge in [-0.2, -0.15) is 0 Å². The molecule has 0 heterocycles. The number of quaternary nitrogens is 1. The van der Waals surface area contributed by atoms with Crippen molar-refractivity contribution >= 4 is 28.9 Å². The molecule has 2 atom stereocenters. The molecule has 0 aromatic heterocycles. The third-order valence-corrected chi connectivity index (χ3v) is 4.98. The molecule has 148 valence electrons. The first-order valence-electron chi connectivity index (χ1n) is 9.15. The van der Waals surface area contributed by atoms with E-state index in [-0.39, 0.29) is 22.7 Å². The summed E-state index contributed by atoms with van der Waals surface area (Å²) in [4.78, 5) is 23.5. The first kappa shape index (κ1) is 20.5. The monoisotopic (exact) mass is 410 g/mol.